The van der Waals surface area contributed by atoms with Gasteiger partial charge in [0, 0.05) is 17.7 Å². The summed E-state index contributed by atoms with van der Waals surface area (Å²) < 4.78 is 4.46. The molecule has 1 radical (unpaired) electrons. The van der Waals surface area contributed by atoms with Gasteiger partial charge in [-0.05, 0) is 23.3 Å². The lowest BCUT2D eigenvalue weighted by atomic mass is 10.1. The molecule has 15 heavy (non-hydrogen) atoms. The zero-order chi connectivity index (χ0) is 11.0. The number of fused-ring (bicyclic) bond motifs is 1. The Bertz CT molecular complexity index is 520. The van der Waals surface area contributed by atoms with Gasteiger partial charge in [0.2, 0.25) is 5.52 Å². The first-order valence-electron chi connectivity index (χ1n) is 4.09. The molecule has 1 aromatic carbocycles. The van der Waals surface area contributed by atoms with E-state index in [1.54, 1.807) is 0 Å². The van der Waals surface area contributed by atoms with Gasteiger partial charge in [-0.2, -0.15) is 0 Å². The highest BCUT2D eigenvalue weighted by atomic mass is 16.6. The summed E-state index contributed by atoms with van der Waals surface area (Å²) in [6.45, 7) is 3.61. The molecule has 2 rings (SSSR count). The van der Waals surface area contributed by atoms with Crippen LogP contribution in [0.5, 0.6) is 0 Å². The van der Waals surface area contributed by atoms with E-state index in [2.05, 4.69) is 21.9 Å². The average Bonchev–Trinajstić information content (AvgIpc) is 2.63. The highest BCUT2D eigenvalue weighted by Crippen LogP contribution is 2.27. The first-order valence-corrected chi connectivity index (χ1v) is 4.09. The van der Waals surface area contributed by atoms with Crippen LogP contribution < -0.4 is 5.73 Å². The molecular weight excluding hydrogens is 200 g/mol. The summed E-state index contributed by atoms with van der Waals surface area (Å²) in [6, 6.07) is 2.29. The van der Waals surface area contributed by atoms with E-state index in [0.717, 1.165) is 0 Å². The predicted octanol–water partition coefficient (Wildman–Crippen LogP) is 0.965. The van der Waals surface area contributed by atoms with E-state index >= 15 is 0 Å². The Morgan fingerprint density at radius 2 is 2.13 bits per heavy atom. The minimum absolute atomic E-state index is 0.0941. The summed E-state index contributed by atoms with van der Waals surface area (Å²) in [7, 11) is 0. The van der Waals surface area contributed by atoms with Crippen LogP contribution in [0.2, 0.25) is 0 Å². The first-order chi connectivity index (χ1) is 7.11. The monoisotopic (exact) mass is 207 g/mol. The van der Waals surface area contributed by atoms with Crippen LogP contribution >= 0.6 is 0 Å². The van der Waals surface area contributed by atoms with Gasteiger partial charge in [-0.25, -0.2) is 4.63 Å². The van der Waals surface area contributed by atoms with Crippen LogP contribution in [0.15, 0.2) is 16.8 Å². The summed E-state index contributed by atoms with van der Waals surface area (Å²) in [5, 5.41) is 17.7. The van der Waals surface area contributed by atoms with Crippen LogP contribution in [0, 0.1) is 17.0 Å². The normalized spacial score (nSPS) is 12.9. The number of nitrogens with zero attached hydrogens (tertiary/aromatic N) is 3. The number of nitro benzene ring substituents is 1. The molecule has 0 aliphatic heterocycles. The van der Waals surface area contributed by atoms with Crippen molar-refractivity contribution in [1.82, 2.24) is 10.3 Å². The number of aromatic nitrogens is 2. The molecule has 2 aromatic rings. The Morgan fingerprint density at radius 3 is 2.73 bits per heavy atom. The van der Waals surface area contributed by atoms with Crippen molar-refractivity contribution in [1.29, 1.82) is 0 Å². The van der Waals surface area contributed by atoms with Gasteiger partial charge >= 0.3 is 5.69 Å². The molecule has 0 aliphatic carbocycles. The van der Waals surface area contributed by atoms with Crippen molar-refractivity contribution in [3.05, 3.63) is 34.7 Å². The van der Waals surface area contributed by atoms with Crippen molar-refractivity contribution in [2.75, 3.05) is 0 Å². The van der Waals surface area contributed by atoms with Crippen molar-refractivity contribution >= 4 is 16.7 Å². The Kier molecular flexibility index (Phi) is 2.09. The number of rotatable bonds is 2. The predicted molar refractivity (Wildman–Crippen MR) is 50.7 cm³/mol. The highest BCUT2D eigenvalue weighted by Gasteiger charge is 2.20. The van der Waals surface area contributed by atoms with Gasteiger partial charge in [-0.15, -0.1) is 0 Å². The van der Waals surface area contributed by atoms with Gasteiger partial charge in [0.25, 0.3) is 0 Å². The standard InChI is InChI=1S/C8H7N4O3/c1-4(9)5-2-3-6(12(13)14)8-7(5)10-15-11-8/h2-4H,1,9H2. The fraction of sp³-hybridized carbons (Fsp3) is 0.125. The van der Waals surface area contributed by atoms with Crippen LogP contribution in [0.25, 0.3) is 11.0 Å². The molecular formula is C8H7N4O3. The van der Waals surface area contributed by atoms with E-state index in [1.807, 2.05) is 0 Å². The third-order valence-electron chi connectivity index (χ3n) is 2.02. The van der Waals surface area contributed by atoms with Gasteiger partial charge in [0.1, 0.15) is 5.52 Å². The fourth-order valence-electron chi connectivity index (χ4n) is 1.32. The largest absolute Gasteiger partial charge is 0.324 e. The number of hydrogen-bond donors (Lipinski definition) is 1. The molecule has 1 aromatic heterocycles. The maximum Gasteiger partial charge on any atom is 0.300 e. The maximum absolute atomic E-state index is 10.6. The Morgan fingerprint density at radius 1 is 1.47 bits per heavy atom. The number of hydrogen-bond acceptors (Lipinski definition) is 6. The molecule has 1 atom stereocenters. The van der Waals surface area contributed by atoms with Crippen molar-refractivity contribution in [2.45, 2.75) is 6.04 Å². The van der Waals surface area contributed by atoms with Gasteiger partial charge in [0.15, 0.2) is 0 Å². The summed E-state index contributed by atoms with van der Waals surface area (Å²) >= 11 is 0. The molecule has 0 spiro atoms. The summed E-state index contributed by atoms with van der Waals surface area (Å²) in [5.41, 5.74) is 6.36. The van der Waals surface area contributed by atoms with Crippen molar-refractivity contribution in [2.24, 2.45) is 5.73 Å². The molecule has 7 heteroatoms. The minimum Gasteiger partial charge on any atom is -0.324 e. The lowest BCUT2D eigenvalue weighted by Crippen LogP contribution is -2.06. The second-order valence-corrected chi connectivity index (χ2v) is 3.00. The lowest BCUT2D eigenvalue weighted by molar-refractivity contribution is -0.383. The van der Waals surface area contributed by atoms with Gasteiger partial charge in [0.05, 0.1) is 4.92 Å². The molecule has 77 valence electrons. The maximum atomic E-state index is 10.6. The first kappa shape index (κ1) is 9.53. The van der Waals surface area contributed by atoms with Crippen LogP contribution in [0.3, 0.4) is 0 Å². The Labute approximate surface area is 84.0 Å². The summed E-state index contributed by atoms with van der Waals surface area (Å²) in [5.74, 6) is 0. The molecule has 2 N–H and O–H groups in total. The number of nitro groups is 1. The zero-order valence-electron chi connectivity index (χ0n) is 7.58. The van der Waals surface area contributed by atoms with Gasteiger partial charge in [-0.3, -0.25) is 10.1 Å². The van der Waals surface area contributed by atoms with E-state index in [1.165, 1.54) is 12.1 Å². The third kappa shape index (κ3) is 1.42. The van der Waals surface area contributed by atoms with E-state index in [0.29, 0.717) is 5.56 Å². The average molecular weight is 207 g/mol. The fourth-order valence-corrected chi connectivity index (χ4v) is 1.32. The lowest BCUT2D eigenvalue weighted by Gasteiger charge is -2.03. The molecule has 0 bridgehead atoms. The molecule has 0 fully saturated rings. The van der Waals surface area contributed by atoms with Crippen LogP contribution in [0.4, 0.5) is 5.69 Å². The second kappa shape index (κ2) is 3.28. The number of benzene rings is 1. The van der Waals surface area contributed by atoms with E-state index in [4.69, 9.17) is 5.73 Å². The van der Waals surface area contributed by atoms with E-state index in [-0.39, 0.29) is 16.7 Å². The van der Waals surface area contributed by atoms with Crippen LogP contribution in [-0.2, 0) is 0 Å². The molecule has 1 heterocycles. The Hall–Kier alpha value is -2.02. The van der Waals surface area contributed by atoms with Crippen LogP contribution in [0.1, 0.15) is 11.6 Å². The molecule has 0 aliphatic rings. The van der Waals surface area contributed by atoms with Crippen molar-refractivity contribution in [3.8, 4) is 0 Å². The molecule has 7 nitrogen and oxygen atoms in total. The Balaban J connectivity index is 2.76. The SMILES string of the molecule is [CH2]C(N)c1ccc([N+](=O)[O-])c2nonc12. The number of nitrogens with two attached hydrogens (primary N) is 1. The van der Waals surface area contributed by atoms with E-state index in [9.17, 15) is 10.1 Å². The molecule has 1 unspecified atom stereocenters. The van der Waals surface area contributed by atoms with Gasteiger partial charge < -0.3 is 5.73 Å². The smallest absolute Gasteiger partial charge is 0.300 e. The van der Waals surface area contributed by atoms with Crippen molar-refractivity contribution < 1.29 is 9.55 Å². The van der Waals surface area contributed by atoms with Crippen molar-refractivity contribution in [3.63, 3.8) is 0 Å². The quantitative estimate of drug-likeness (QED) is 0.580. The zero-order valence-corrected chi connectivity index (χ0v) is 7.58. The third-order valence-corrected chi connectivity index (χ3v) is 2.02. The highest BCUT2D eigenvalue weighted by molar-refractivity contribution is 5.86. The summed E-state index contributed by atoms with van der Waals surface area (Å²) in [4.78, 5) is 10.1. The molecule has 0 saturated carbocycles. The number of non-ortho nitro benzene ring substituents is 1. The van der Waals surface area contributed by atoms with Crippen LogP contribution in [-0.4, -0.2) is 15.2 Å². The van der Waals surface area contributed by atoms with E-state index < -0.39 is 11.0 Å². The van der Waals surface area contributed by atoms with Gasteiger partial charge in [-0.1, -0.05) is 0 Å². The second-order valence-electron chi connectivity index (χ2n) is 3.00. The molecule has 0 saturated heterocycles. The minimum atomic E-state index is -0.551. The summed E-state index contributed by atoms with van der Waals surface area (Å²) in [6.07, 6.45) is 0. The molecule has 0 amide bonds. The topological polar surface area (TPSA) is 108 Å².